The van der Waals surface area contributed by atoms with Crippen molar-refractivity contribution in [3.8, 4) is 11.4 Å². The zero-order valence-electron chi connectivity index (χ0n) is 13.4. The second-order valence-electron chi connectivity index (χ2n) is 5.65. The van der Waals surface area contributed by atoms with E-state index >= 15 is 0 Å². The highest BCUT2D eigenvalue weighted by Crippen LogP contribution is 2.23. The molecule has 0 aliphatic carbocycles. The molecule has 7 heteroatoms. The van der Waals surface area contributed by atoms with Gasteiger partial charge in [0, 0.05) is 33.1 Å². The Balaban J connectivity index is 1.65. The molecule has 0 atom stereocenters. The first kappa shape index (κ1) is 16.6. The van der Waals surface area contributed by atoms with Crippen molar-refractivity contribution in [2.45, 2.75) is 0 Å². The minimum atomic E-state index is -0.294. The number of nitrogens with zero attached hydrogens (tertiary/aromatic N) is 3. The lowest BCUT2D eigenvalue weighted by Crippen LogP contribution is -2.11. The third-order valence-electron chi connectivity index (χ3n) is 3.82. The number of benzene rings is 2. The minimum Gasteiger partial charge on any atom is -0.322 e. The summed E-state index contributed by atoms with van der Waals surface area (Å²) in [4.78, 5) is 12.5. The topological polar surface area (TPSA) is 59.3 Å². The van der Waals surface area contributed by atoms with Crippen molar-refractivity contribution >= 4 is 40.4 Å². The number of amides is 1. The first-order valence-electron chi connectivity index (χ1n) is 7.78. The maximum atomic E-state index is 12.5. The lowest BCUT2D eigenvalue weighted by molar-refractivity contribution is 0.102. The lowest BCUT2D eigenvalue weighted by atomic mass is 10.1. The summed E-state index contributed by atoms with van der Waals surface area (Å²) >= 11 is 11.9. The normalized spacial score (nSPS) is 10.8. The van der Waals surface area contributed by atoms with Crippen molar-refractivity contribution in [3.63, 3.8) is 0 Å². The van der Waals surface area contributed by atoms with Gasteiger partial charge in [0.2, 0.25) is 0 Å². The smallest absolute Gasteiger partial charge is 0.255 e. The van der Waals surface area contributed by atoms with Crippen molar-refractivity contribution in [3.05, 3.63) is 82.5 Å². The summed E-state index contributed by atoms with van der Waals surface area (Å²) in [6.45, 7) is 0. The van der Waals surface area contributed by atoms with E-state index in [0.29, 0.717) is 27.1 Å². The maximum absolute atomic E-state index is 12.5. The van der Waals surface area contributed by atoms with Crippen molar-refractivity contribution in [2.75, 3.05) is 5.32 Å². The van der Waals surface area contributed by atoms with Gasteiger partial charge in [0.1, 0.15) is 0 Å². The van der Waals surface area contributed by atoms with Gasteiger partial charge in [0.15, 0.2) is 11.5 Å². The van der Waals surface area contributed by atoms with Crippen LogP contribution in [0.1, 0.15) is 10.4 Å². The van der Waals surface area contributed by atoms with Crippen LogP contribution >= 0.6 is 23.2 Å². The molecule has 0 spiro atoms. The van der Waals surface area contributed by atoms with Crippen LogP contribution in [0.4, 0.5) is 5.69 Å². The largest absolute Gasteiger partial charge is 0.322 e. The molecule has 0 unspecified atom stereocenters. The molecule has 1 amide bonds. The Morgan fingerprint density at radius 3 is 2.54 bits per heavy atom. The molecule has 2 aromatic carbocycles. The van der Waals surface area contributed by atoms with E-state index in [1.165, 1.54) is 0 Å². The van der Waals surface area contributed by atoms with Crippen molar-refractivity contribution in [1.29, 1.82) is 0 Å². The number of carbonyl (C=O) groups is 1. The lowest BCUT2D eigenvalue weighted by Gasteiger charge is -2.08. The van der Waals surface area contributed by atoms with E-state index in [0.717, 1.165) is 11.2 Å². The molecule has 0 saturated heterocycles. The van der Waals surface area contributed by atoms with Crippen LogP contribution in [0.25, 0.3) is 17.0 Å². The molecule has 0 bridgehead atoms. The predicted octanol–water partition coefficient (Wildman–Crippen LogP) is 4.96. The summed E-state index contributed by atoms with van der Waals surface area (Å²) in [6.07, 6.45) is 1.89. The van der Waals surface area contributed by atoms with E-state index in [1.807, 2.05) is 47.0 Å². The molecule has 0 fully saturated rings. The predicted molar refractivity (Wildman–Crippen MR) is 103 cm³/mol. The summed E-state index contributed by atoms with van der Waals surface area (Å²) in [5.41, 5.74) is 2.62. The number of carbonyl (C=O) groups excluding carboxylic acids is 1. The second-order valence-corrected chi connectivity index (χ2v) is 6.52. The molecule has 0 aliphatic rings. The van der Waals surface area contributed by atoms with Crippen molar-refractivity contribution in [2.24, 2.45) is 0 Å². The molecule has 26 heavy (non-hydrogen) atoms. The molecule has 4 rings (SSSR count). The Morgan fingerprint density at radius 1 is 0.923 bits per heavy atom. The van der Waals surface area contributed by atoms with Crippen LogP contribution in [0, 0.1) is 0 Å². The van der Waals surface area contributed by atoms with Crippen LogP contribution in [0.15, 0.2) is 66.9 Å². The summed E-state index contributed by atoms with van der Waals surface area (Å²) in [5, 5.41) is 12.0. The number of aromatic nitrogens is 3. The van der Waals surface area contributed by atoms with Gasteiger partial charge in [-0.1, -0.05) is 41.4 Å². The van der Waals surface area contributed by atoms with Crippen LogP contribution in [-0.2, 0) is 0 Å². The molecule has 128 valence electrons. The number of halogens is 2. The summed E-state index contributed by atoms with van der Waals surface area (Å²) < 4.78 is 1.89. The minimum absolute atomic E-state index is 0.294. The van der Waals surface area contributed by atoms with Crippen LogP contribution in [0.2, 0.25) is 10.0 Å². The van der Waals surface area contributed by atoms with E-state index in [2.05, 4.69) is 15.5 Å². The standard InChI is InChI=1S/C19H12Cl2N4O/c20-14-8-13(9-15(21)11-14)19(26)22-16-5-3-4-12(10-16)18-24-23-17-6-1-2-7-25(17)18/h1-11H,(H,22,26). The van der Waals surface area contributed by atoms with Crippen LogP contribution in [-0.4, -0.2) is 20.5 Å². The number of rotatable bonds is 3. The molecule has 2 aromatic heterocycles. The highest BCUT2D eigenvalue weighted by molar-refractivity contribution is 6.35. The summed E-state index contributed by atoms with van der Waals surface area (Å²) in [5.74, 6) is 0.403. The van der Waals surface area contributed by atoms with Crippen LogP contribution in [0.5, 0.6) is 0 Å². The number of anilines is 1. The average Bonchev–Trinajstić information content (AvgIpc) is 3.05. The maximum Gasteiger partial charge on any atom is 0.255 e. The second kappa shape index (κ2) is 6.78. The van der Waals surface area contributed by atoms with Crippen molar-refractivity contribution in [1.82, 2.24) is 14.6 Å². The van der Waals surface area contributed by atoms with Gasteiger partial charge in [-0.25, -0.2) is 0 Å². The van der Waals surface area contributed by atoms with Gasteiger partial charge < -0.3 is 5.32 Å². The van der Waals surface area contributed by atoms with Gasteiger partial charge in [0.05, 0.1) is 0 Å². The van der Waals surface area contributed by atoms with Crippen molar-refractivity contribution < 1.29 is 4.79 Å². The Morgan fingerprint density at radius 2 is 1.73 bits per heavy atom. The Bertz CT molecular complexity index is 1100. The Labute approximate surface area is 159 Å². The number of hydrogen-bond donors (Lipinski definition) is 1. The molecule has 0 aliphatic heterocycles. The molecule has 2 heterocycles. The first-order chi connectivity index (χ1) is 12.6. The SMILES string of the molecule is O=C(Nc1cccc(-c2nnc3ccccn23)c1)c1cc(Cl)cc(Cl)c1. The number of fused-ring (bicyclic) bond motifs is 1. The third kappa shape index (κ3) is 3.27. The van der Waals surface area contributed by atoms with Gasteiger partial charge in [-0.3, -0.25) is 9.20 Å². The van der Waals surface area contributed by atoms with Gasteiger partial charge in [-0.2, -0.15) is 0 Å². The van der Waals surface area contributed by atoms with Crippen LogP contribution in [0.3, 0.4) is 0 Å². The molecule has 4 aromatic rings. The monoisotopic (exact) mass is 382 g/mol. The van der Waals surface area contributed by atoms with E-state index in [9.17, 15) is 4.79 Å². The van der Waals surface area contributed by atoms with E-state index in [-0.39, 0.29) is 5.91 Å². The highest BCUT2D eigenvalue weighted by atomic mass is 35.5. The highest BCUT2D eigenvalue weighted by Gasteiger charge is 2.11. The van der Waals surface area contributed by atoms with Gasteiger partial charge in [-0.05, 0) is 42.5 Å². The molecule has 1 N–H and O–H groups in total. The van der Waals surface area contributed by atoms with E-state index in [1.54, 1.807) is 24.3 Å². The zero-order chi connectivity index (χ0) is 18.1. The molecule has 0 radical (unpaired) electrons. The summed E-state index contributed by atoms with van der Waals surface area (Å²) in [6, 6.07) is 17.8. The molecule has 5 nitrogen and oxygen atoms in total. The van der Waals surface area contributed by atoms with Gasteiger partial charge in [-0.15, -0.1) is 10.2 Å². The third-order valence-corrected chi connectivity index (χ3v) is 4.25. The molecular weight excluding hydrogens is 371 g/mol. The first-order valence-corrected chi connectivity index (χ1v) is 8.53. The Hall–Kier alpha value is -2.89. The van der Waals surface area contributed by atoms with E-state index < -0.39 is 0 Å². The quantitative estimate of drug-likeness (QED) is 0.544. The van der Waals surface area contributed by atoms with Gasteiger partial charge >= 0.3 is 0 Å². The molecular formula is C19H12Cl2N4O. The van der Waals surface area contributed by atoms with E-state index in [4.69, 9.17) is 23.2 Å². The fourth-order valence-electron chi connectivity index (χ4n) is 2.66. The number of pyridine rings is 1. The fraction of sp³-hybridized carbons (Fsp3) is 0. The number of hydrogen-bond acceptors (Lipinski definition) is 3. The van der Waals surface area contributed by atoms with Crippen LogP contribution < -0.4 is 5.32 Å². The van der Waals surface area contributed by atoms with Gasteiger partial charge in [0.25, 0.3) is 5.91 Å². The fourth-order valence-corrected chi connectivity index (χ4v) is 3.19. The average molecular weight is 383 g/mol. The molecule has 0 saturated carbocycles. The Kier molecular flexibility index (Phi) is 4.32. The zero-order valence-corrected chi connectivity index (χ0v) is 14.9. The summed E-state index contributed by atoms with van der Waals surface area (Å²) in [7, 11) is 0. The number of nitrogens with one attached hydrogen (secondary N) is 1.